The number of anilines is 1. The van der Waals surface area contributed by atoms with Crippen LogP contribution in [0.1, 0.15) is 16.1 Å². The van der Waals surface area contributed by atoms with Gasteiger partial charge in [0.2, 0.25) is 5.76 Å². The molecule has 19 heavy (non-hydrogen) atoms. The fraction of sp³-hybridized carbons (Fsp3) is 0.231. The predicted octanol–water partition coefficient (Wildman–Crippen LogP) is 3.12. The molecule has 1 N–H and O–H groups in total. The number of thiazole rings is 1. The fourth-order valence-corrected chi connectivity index (χ4v) is 2.92. The van der Waals surface area contributed by atoms with Crippen LogP contribution in [-0.4, -0.2) is 30.2 Å². The first-order valence-corrected chi connectivity index (χ1v) is 6.53. The maximum Gasteiger partial charge on any atom is 0.372 e. The van der Waals surface area contributed by atoms with E-state index in [0.717, 1.165) is 20.7 Å². The van der Waals surface area contributed by atoms with Gasteiger partial charge in [0.15, 0.2) is 5.13 Å². The van der Waals surface area contributed by atoms with E-state index in [9.17, 15) is 4.79 Å². The van der Waals surface area contributed by atoms with Gasteiger partial charge in [-0.1, -0.05) is 11.3 Å². The smallest absolute Gasteiger partial charge is 0.372 e. The lowest BCUT2D eigenvalue weighted by Crippen LogP contribution is -2.07. The molecule has 0 fully saturated rings. The first-order valence-electron chi connectivity index (χ1n) is 5.71. The molecular weight excluding hydrogens is 264 g/mol. The highest BCUT2D eigenvalue weighted by Gasteiger charge is 2.18. The molecule has 2 heterocycles. The maximum atomic E-state index is 11.1. The Kier molecular flexibility index (Phi) is 2.50. The van der Waals surface area contributed by atoms with Crippen molar-refractivity contribution in [2.45, 2.75) is 6.92 Å². The third-order valence-corrected chi connectivity index (χ3v) is 4.20. The third kappa shape index (κ3) is 1.76. The zero-order valence-electron chi connectivity index (χ0n) is 10.7. The molecule has 2 aromatic heterocycles. The highest BCUT2D eigenvalue weighted by molar-refractivity contribution is 7.22. The zero-order valence-corrected chi connectivity index (χ0v) is 11.5. The van der Waals surface area contributed by atoms with Crippen molar-refractivity contribution < 1.29 is 14.3 Å². The third-order valence-electron chi connectivity index (χ3n) is 3.01. The molecule has 0 amide bonds. The number of hydrogen-bond donors (Lipinski definition) is 1. The summed E-state index contributed by atoms with van der Waals surface area (Å²) in [5.74, 6) is -1.04. The first kappa shape index (κ1) is 12.0. The van der Waals surface area contributed by atoms with Crippen LogP contribution in [0.25, 0.3) is 21.2 Å². The molecule has 3 rings (SSSR count). The number of aromatic nitrogens is 1. The molecule has 0 unspecified atom stereocenters. The average Bonchev–Trinajstić information content (AvgIpc) is 2.88. The molecule has 0 atom stereocenters. The molecule has 0 spiro atoms. The number of aryl methyl sites for hydroxylation is 1. The molecule has 3 aromatic rings. The predicted molar refractivity (Wildman–Crippen MR) is 75.4 cm³/mol. The van der Waals surface area contributed by atoms with Gasteiger partial charge in [-0.2, -0.15) is 0 Å². The Bertz CT molecular complexity index is 801. The van der Waals surface area contributed by atoms with Crippen LogP contribution in [0.2, 0.25) is 0 Å². The van der Waals surface area contributed by atoms with E-state index in [-0.39, 0.29) is 5.76 Å². The monoisotopic (exact) mass is 276 g/mol. The number of furan rings is 1. The number of aromatic carboxylic acids is 1. The molecule has 0 saturated carbocycles. The number of carboxylic acid groups (broad SMARTS) is 1. The van der Waals surface area contributed by atoms with Crippen LogP contribution in [0.15, 0.2) is 16.5 Å². The highest BCUT2D eigenvalue weighted by atomic mass is 32.1. The van der Waals surface area contributed by atoms with Crippen LogP contribution >= 0.6 is 11.3 Å². The number of carboxylic acids is 1. The van der Waals surface area contributed by atoms with Crippen molar-refractivity contribution in [1.29, 1.82) is 0 Å². The largest absolute Gasteiger partial charge is 0.475 e. The summed E-state index contributed by atoms with van der Waals surface area (Å²) in [6, 6.07) is 3.74. The summed E-state index contributed by atoms with van der Waals surface area (Å²) in [5.41, 5.74) is 2.10. The maximum absolute atomic E-state index is 11.1. The van der Waals surface area contributed by atoms with E-state index in [4.69, 9.17) is 9.52 Å². The standard InChI is InChI=1S/C13H12N2O3S/c1-6-7-4-8-10(19-13(14-8)15(2)3)5-9(7)18-11(6)12(16)17/h4-5H,1-3H3,(H,16,17). The first-order chi connectivity index (χ1) is 8.97. The van der Waals surface area contributed by atoms with Gasteiger partial charge in [-0.25, -0.2) is 9.78 Å². The Hall–Kier alpha value is -2.08. The summed E-state index contributed by atoms with van der Waals surface area (Å²) in [4.78, 5) is 17.5. The van der Waals surface area contributed by atoms with Crippen LogP contribution in [0, 0.1) is 6.92 Å². The minimum atomic E-state index is -1.04. The zero-order chi connectivity index (χ0) is 13.7. The number of rotatable bonds is 2. The molecule has 98 valence electrons. The van der Waals surface area contributed by atoms with Gasteiger partial charge in [0.05, 0.1) is 10.2 Å². The van der Waals surface area contributed by atoms with Gasteiger partial charge in [-0.3, -0.25) is 0 Å². The van der Waals surface area contributed by atoms with Crippen molar-refractivity contribution in [3.05, 3.63) is 23.5 Å². The summed E-state index contributed by atoms with van der Waals surface area (Å²) in [6.45, 7) is 1.75. The van der Waals surface area contributed by atoms with Crippen molar-refractivity contribution in [2.24, 2.45) is 0 Å². The number of hydrogen-bond acceptors (Lipinski definition) is 5. The van der Waals surface area contributed by atoms with Crippen LogP contribution in [0.3, 0.4) is 0 Å². The van der Waals surface area contributed by atoms with Gasteiger partial charge in [-0.05, 0) is 13.0 Å². The molecule has 0 aliphatic rings. The molecule has 0 aliphatic heterocycles. The second-order valence-corrected chi connectivity index (χ2v) is 5.58. The molecule has 1 aromatic carbocycles. The Morgan fingerprint density at radius 2 is 2.16 bits per heavy atom. The van der Waals surface area contributed by atoms with E-state index < -0.39 is 5.97 Å². The summed E-state index contributed by atoms with van der Waals surface area (Å²) in [5, 5.41) is 10.8. The molecule has 6 heteroatoms. The van der Waals surface area contributed by atoms with E-state index in [2.05, 4.69) is 4.98 Å². The summed E-state index contributed by atoms with van der Waals surface area (Å²) >= 11 is 1.55. The van der Waals surface area contributed by atoms with Gasteiger partial charge < -0.3 is 14.4 Å². The van der Waals surface area contributed by atoms with E-state index in [1.165, 1.54) is 0 Å². The van der Waals surface area contributed by atoms with Crippen LogP contribution in [0.5, 0.6) is 0 Å². The summed E-state index contributed by atoms with van der Waals surface area (Å²) in [6.07, 6.45) is 0. The molecular formula is C13H12N2O3S. The normalized spacial score (nSPS) is 11.3. The van der Waals surface area contributed by atoms with E-state index in [1.54, 1.807) is 18.3 Å². The molecule has 0 bridgehead atoms. The van der Waals surface area contributed by atoms with Crippen molar-refractivity contribution in [1.82, 2.24) is 4.98 Å². The van der Waals surface area contributed by atoms with Crippen LogP contribution in [0.4, 0.5) is 5.13 Å². The molecule has 0 radical (unpaired) electrons. The lowest BCUT2D eigenvalue weighted by atomic mass is 10.1. The fourth-order valence-electron chi connectivity index (χ4n) is 2.02. The highest BCUT2D eigenvalue weighted by Crippen LogP contribution is 2.34. The Labute approximate surface area is 113 Å². The quantitative estimate of drug-likeness (QED) is 0.779. The molecule has 0 saturated heterocycles. The van der Waals surface area contributed by atoms with Crippen LogP contribution < -0.4 is 4.90 Å². The van der Waals surface area contributed by atoms with E-state index >= 15 is 0 Å². The Morgan fingerprint density at radius 1 is 1.42 bits per heavy atom. The second-order valence-electron chi connectivity index (χ2n) is 4.57. The Balaban J connectivity index is 2.31. The number of fused-ring (bicyclic) bond motifs is 2. The van der Waals surface area contributed by atoms with Gasteiger partial charge >= 0.3 is 5.97 Å². The SMILES string of the molecule is Cc1c(C(=O)O)oc2cc3sc(N(C)C)nc3cc12. The minimum Gasteiger partial charge on any atom is -0.475 e. The second kappa shape index (κ2) is 3.96. The lowest BCUT2D eigenvalue weighted by Gasteiger charge is -2.04. The van der Waals surface area contributed by atoms with Crippen molar-refractivity contribution >= 4 is 43.6 Å². The number of carbonyl (C=O) groups is 1. The van der Waals surface area contributed by atoms with Crippen molar-refractivity contribution in [3.63, 3.8) is 0 Å². The molecule has 5 nitrogen and oxygen atoms in total. The van der Waals surface area contributed by atoms with Gasteiger partial charge in [-0.15, -0.1) is 0 Å². The number of benzene rings is 1. The van der Waals surface area contributed by atoms with Gasteiger partial charge in [0, 0.05) is 31.1 Å². The summed E-state index contributed by atoms with van der Waals surface area (Å²) < 4.78 is 6.39. The van der Waals surface area contributed by atoms with Crippen molar-refractivity contribution in [2.75, 3.05) is 19.0 Å². The molecule has 0 aliphatic carbocycles. The van der Waals surface area contributed by atoms with Gasteiger partial charge in [0.25, 0.3) is 0 Å². The van der Waals surface area contributed by atoms with Crippen LogP contribution in [-0.2, 0) is 0 Å². The topological polar surface area (TPSA) is 66.6 Å². The Morgan fingerprint density at radius 3 is 2.79 bits per heavy atom. The van der Waals surface area contributed by atoms with E-state index in [0.29, 0.717) is 11.1 Å². The summed E-state index contributed by atoms with van der Waals surface area (Å²) in [7, 11) is 3.88. The van der Waals surface area contributed by atoms with E-state index in [1.807, 2.05) is 31.1 Å². The van der Waals surface area contributed by atoms with Gasteiger partial charge in [0.1, 0.15) is 5.58 Å². The number of nitrogens with zero attached hydrogens (tertiary/aromatic N) is 2. The minimum absolute atomic E-state index is 0.000450. The lowest BCUT2D eigenvalue weighted by molar-refractivity contribution is 0.0664. The average molecular weight is 276 g/mol. The van der Waals surface area contributed by atoms with Crippen molar-refractivity contribution in [3.8, 4) is 0 Å².